The van der Waals surface area contributed by atoms with Crippen LogP contribution in [0.25, 0.3) is 6.08 Å². The maximum atomic E-state index is 13.0. The van der Waals surface area contributed by atoms with Crippen LogP contribution in [0.2, 0.25) is 0 Å². The number of fused-ring (bicyclic) bond motifs is 1. The van der Waals surface area contributed by atoms with E-state index in [0.717, 1.165) is 5.56 Å². The summed E-state index contributed by atoms with van der Waals surface area (Å²) in [5.41, 5.74) is 4.52. The van der Waals surface area contributed by atoms with E-state index in [4.69, 9.17) is 18.9 Å². The van der Waals surface area contributed by atoms with Crippen molar-refractivity contribution in [2.45, 2.75) is 6.61 Å². The van der Waals surface area contributed by atoms with Gasteiger partial charge in [-0.25, -0.2) is 5.01 Å². The first-order valence-electron chi connectivity index (χ1n) is 10.3. The lowest BCUT2D eigenvalue weighted by molar-refractivity contribution is -0.117. The number of rotatable bonds is 6. The quantitative estimate of drug-likeness (QED) is 0.385. The summed E-state index contributed by atoms with van der Waals surface area (Å²) < 4.78 is 23.1. The molecule has 0 aliphatic carbocycles. The number of carbonyl (C=O) groups is 2. The van der Waals surface area contributed by atoms with E-state index in [-0.39, 0.29) is 19.0 Å². The molecule has 2 heterocycles. The van der Waals surface area contributed by atoms with Crippen molar-refractivity contribution in [3.63, 3.8) is 0 Å². The predicted octanol–water partition coefficient (Wildman–Crippen LogP) is 4.23. The van der Waals surface area contributed by atoms with Gasteiger partial charge in [0.15, 0.2) is 23.0 Å². The van der Waals surface area contributed by atoms with Crippen molar-refractivity contribution >= 4 is 39.5 Å². The molecule has 2 aliphatic heterocycles. The van der Waals surface area contributed by atoms with Gasteiger partial charge < -0.3 is 18.9 Å². The number of hydrogen-bond acceptors (Lipinski definition) is 6. The van der Waals surface area contributed by atoms with Crippen LogP contribution in [0.3, 0.4) is 0 Å². The van der Waals surface area contributed by atoms with Crippen LogP contribution in [0.15, 0.2) is 70.7 Å². The molecule has 3 aromatic carbocycles. The molecule has 0 radical (unpaired) electrons. The zero-order chi connectivity index (χ0) is 23.7. The molecule has 3 aromatic rings. The molecular weight excluding hydrogens is 504 g/mol. The fourth-order valence-corrected chi connectivity index (χ4v) is 4.11. The maximum absolute atomic E-state index is 13.0. The molecule has 2 aliphatic rings. The van der Waals surface area contributed by atoms with Gasteiger partial charge in [0.1, 0.15) is 12.2 Å². The third-order valence-corrected chi connectivity index (χ3v) is 5.75. The van der Waals surface area contributed by atoms with E-state index < -0.39 is 11.8 Å². The lowest BCUT2D eigenvalue weighted by Crippen LogP contribution is -2.35. The van der Waals surface area contributed by atoms with E-state index in [0.29, 0.717) is 38.7 Å². The Kier molecular flexibility index (Phi) is 5.85. The molecule has 5 rings (SSSR count). The van der Waals surface area contributed by atoms with Crippen molar-refractivity contribution in [2.24, 2.45) is 0 Å². The molecule has 34 heavy (non-hydrogen) atoms. The number of methoxy groups -OCH3 is 1. The first-order valence-corrected chi connectivity index (χ1v) is 11.1. The minimum absolute atomic E-state index is 0.0167. The Balaban J connectivity index is 1.46. The summed E-state index contributed by atoms with van der Waals surface area (Å²) in [6.45, 7) is 0.398. The fraction of sp³-hybridized carbons (Fsp3) is 0.120. The van der Waals surface area contributed by atoms with Gasteiger partial charge in [-0.15, -0.1) is 0 Å². The van der Waals surface area contributed by atoms with Crippen LogP contribution in [0.4, 0.5) is 5.69 Å². The number of benzene rings is 3. The van der Waals surface area contributed by atoms with Crippen LogP contribution in [0.1, 0.15) is 11.1 Å². The maximum Gasteiger partial charge on any atom is 0.282 e. The SMILES string of the molecule is COc1cc(Br)cc(/C=C2/C(=O)NN(c3ccccc3)C2=O)c1OCc1ccc2c(c1)OCO2. The minimum Gasteiger partial charge on any atom is -0.493 e. The number of nitrogens with one attached hydrogen (secondary N) is 1. The molecule has 9 heteroatoms. The molecule has 8 nitrogen and oxygen atoms in total. The molecule has 172 valence electrons. The average molecular weight is 523 g/mol. The molecule has 0 bridgehead atoms. The standard InChI is InChI=1S/C25H19BrN2O6/c1-31-22-12-17(26)10-16(23(22)32-13-15-7-8-20-21(9-15)34-14-33-20)11-19-24(29)27-28(25(19)30)18-5-3-2-4-6-18/h2-12H,13-14H2,1H3,(H,27,29)/b19-11-. The number of carbonyl (C=O) groups excluding carboxylic acids is 2. The first-order chi connectivity index (χ1) is 16.5. The second-order valence-corrected chi connectivity index (χ2v) is 8.39. The summed E-state index contributed by atoms with van der Waals surface area (Å²) in [5.74, 6) is 1.22. The summed E-state index contributed by atoms with van der Waals surface area (Å²) in [6, 6.07) is 17.9. The van der Waals surface area contributed by atoms with Crippen LogP contribution < -0.4 is 29.4 Å². The molecule has 0 unspecified atom stereocenters. The van der Waals surface area contributed by atoms with Crippen LogP contribution >= 0.6 is 15.9 Å². The van der Waals surface area contributed by atoms with E-state index in [2.05, 4.69) is 21.4 Å². The smallest absolute Gasteiger partial charge is 0.282 e. The Labute approximate surface area is 203 Å². The Morgan fingerprint density at radius 2 is 1.85 bits per heavy atom. The van der Waals surface area contributed by atoms with Gasteiger partial charge in [-0.05, 0) is 48.0 Å². The van der Waals surface area contributed by atoms with Gasteiger partial charge in [0, 0.05) is 10.0 Å². The monoisotopic (exact) mass is 522 g/mol. The molecule has 0 saturated carbocycles. The van der Waals surface area contributed by atoms with Gasteiger partial charge >= 0.3 is 0 Å². The molecular formula is C25H19BrN2O6. The van der Waals surface area contributed by atoms with Crippen LogP contribution in [-0.4, -0.2) is 25.7 Å². The molecule has 0 spiro atoms. The van der Waals surface area contributed by atoms with E-state index in [1.165, 1.54) is 18.2 Å². The van der Waals surface area contributed by atoms with Crippen LogP contribution in [-0.2, 0) is 16.2 Å². The Bertz CT molecular complexity index is 1310. The van der Waals surface area contributed by atoms with Crippen molar-refractivity contribution in [2.75, 3.05) is 18.9 Å². The number of hydrogen-bond donors (Lipinski definition) is 1. The Hall–Kier alpha value is -3.98. The van der Waals surface area contributed by atoms with Gasteiger partial charge in [0.25, 0.3) is 11.8 Å². The fourth-order valence-electron chi connectivity index (χ4n) is 3.66. The van der Waals surface area contributed by atoms with Gasteiger partial charge in [-0.1, -0.05) is 40.2 Å². The van der Waals surface area contributed by atoms with E-state index in [9.17, 15) is 9.59 Å². The van der Waals surface area contributed by atoms with Gasteiger partial charge in [0.2, 0.25) is 6.79 Å². The number of anilines is 1. The number of halogens is 1. The molecule has 1 N–H and O–H groups in total. The van der Waals surface area contributed by atoms with Crippen molar-refractivity contribution < 1.29 is 28.5 Å². The highest BCUT2D eigenvalue weighted by Gasteiger charge is 2.34. The van der Waals surface area contributed by atoms with Crippen molar-refractivity contribution in [1.82, 2.24) is 5.43 Å². The first kappa shape index (κ1) is 21.8. The summed E-state index contributed by atoms with van der Waals surface area (Å²) in [5, 5.41) is 1.22. The highest BCUT2D eigenvalue weighted by Crippen LogP contribution is 2.38. The van der Waals surface area contributed by atoms with Crippen molar-refractivity contribution in [3.05, 3.63) is 81.8 Å². The predicted molar refractivity (Wildman–Crippen MR) is 128 cm³/mol. The molecule has 1 saturated heterocycles. The highest BCUT2D eigenvalue weighted by atomic mass is 79.9. The van der Waals surface area contributed by atoms with Gasteiger partial charge in [-0.2, -0.15) is 0 Å². The molecule has 2 amide bonds. The van der Waals surface area contributed by atoms with E-state index in [1.54, 1.807) is 36.4 Å². The Morgan fingerprint density at radius 1 is 1.06 bits per heavy atom. The lowest BCUT2D eigenvalue weighted by Gasteiger charge is -2.15. The van der Waals surface area contributed by atoms with Crippen molar-refractivity contribution in [3.8, 4) is 23.0 Å². The second-order valence-electron chi connectivity index (χ2n) is 7.48. The van der Waals surface area contributed by atoms with Crippen molar-refractivity contribution in [1.29, 1.82) is 0 Å². The van der Waals surface area contributed by atoms with E-state index in [1.807, 2.05) is 24.3 Å². The number of ether oxygens (including phenoxy) is 4. The summed E-state index contributed by atoms with van der Waals surface area (Å²) in [7, 11) is 1.52. The third kappa shape index (κ3) is 4.17. The van der Waals surface area contributed by atoms with Crippen LogP contribution in [0, 0.1) is 0 Å². The normalized spacial score (nSPS) is 15.6. The van der Waals surface area contributed by atoms with E-state index >= 15 is 0 Å². The number of amides is 2. The van der Waals surface area contributed by atoms with Gasteiger partial charge in [-0.3, -0.25) is 15.0 Å². The largest absolute Gasteiger partial charge is 0.493 e. The third-order valence-electron chi connectivity index (χ3n) is 5.29. The zero-order valence-corrected chi connectivity index (χ0v) is 19.6. The highest BCUT2D eigenvalue weighted by molar-refractivity contribution is 9.10. The summed E-state index contributed by atoms with van der Waals surface area (Å²) in [6.07, 6.45) is 1.50. The average Bonchev–Trinajstić information content (AvgIpc) is 3.43. The molecule has 0 atom stereocenters. The lowest BCUT2D eigenvalue weighted by atomic mass is 10.1. The number of hydrazine groups is 1. The molecule has 1 fully saturated rings. The van der Waals surface area contributed by atoms with Crippen LogP contribution in [0.5, 0.6) is 23.0 Å². The second kappa shape index (κ2) is 9.11. The number of nitrogens with zero attached hydrogens (tertiary/aromatic N) is 1. The Morgan fingerprint density at radius 3 is 2.65 bits per heavy atom. The zero-order valence-electron chi connectivity index (χ0n) is 18.0. The summed E-state index contributed by atoms with van der Waals surface area (Å²) >= 11 is 3.45. The minimum atomic E-state index is -0.505. The summed E-state index contributed by atoms with van der Waals surface area (Å²) in [4.78, 5) is 25.7. The number of para-hydroxylation sites is 1. The topological polar surface area (TPSA) is 86.3 Å². The van der Waals surface area contributed by atoms with Gasteiger partial charge in [0.05, 0.1) is 12.8 Å². The molecule has 0 aromatic heterocycles.